The first-order valence-corrected chi connectivity index (χ1v) is 10.9. The largest absolute Gasteiger partial charge is 0.280 e. The summed E-state index contributed by atoms with van der Waals surface area (Å²) in [6.07, 6.45) is 1.61. The Morgan fingerprint density at radius 3 is 2.20 bits per heavy atom. The highest BCUT2D eigenvalue weighted by Crippen LogP contribution is 2.20. The fourth-order valence-electron chi connectivity index (χ4n) is 2.12. The first kappa shape index (κ1) is 19.4. The van der Waals surface area contributed by atoms with E-state index in [1.807, 2.05) is 13.8 Å². The van der Waals surface area contributed by atoms with Crippen molar-refractivity contribution >= 4 is 25.7 Å². The Hall–Kier alpha value is -1.90. The molecule has 0 atom stereocenters. The maximum absolute atomic E-state index is 12.4. The zero-order chi connectivity index (χ0) is 18.5. The highest BCUT2D eigenvalue weighted by atomic mass is 32.2. The van der Waals surface area contributed by atoms with E-state index in [0.717, 1.165) is 18.4 Å². The topological polar surface area (TPSA) is 92.3 Å². The normalized spacial score (nSPS) is 12.1. The van der Waals surface area contributed by atoms with Crippen LogP contribution < -0.4 is 9.44 Å². The quantitative estimate of drug-likeness (QED) is 0.687. The van der Waals surface area contributed by atoms with Crippen molar-refractivity contribution in [2.24, 2.45) is 0 Å². The molecule has 2 aromatic rings. The summed E-state index contributed by atoms with van der Waals surface area (Å²) in [7, 11) is -7.44. The van der Waals surface area contributed by atoms with Gasteiger partial charge < -0.3 is 0 Å². The van der Waals surface area contributed by atoms with Gasteiger partial charge in [0, 0.05) is 6.54 Å². The third kappa shape index (κ3) is 5.29. The molecule has 8 heteroatoms. The lowest BCUT2D eigenvalue weighted by molar-refractivity contribution is 0.578. The van der Waals surface area contributed by atoms with Gasteiger partial charge in [0.2, 0.25) is 10.0 Å². The molecule has 2 rings (SSSR count). The smallest absolute Gasteiger partial charge is 0.261 e. The van der Waals surface area contributed by atoms with Crippen molar-refractivity contribution in [2.45, 2.75) is 36.5 Å². The summed E-state index contributed by atoms with van der Waals surface area (Å²) in [5.74, 6) is 0. The fourth-order valence-corrected chi connectivity index (χ4v) is 4.29. The number of unbranched alkanes of at least 4 members (excludes halogenated alkanes) is 1. The highest BCUT2D eigenvalue weighted by molar-refractivity contribution is 7.92. The molecule has 0 aromatic heterocycles. The minimum atomic E-state index is -3.78. The van der Waals surface area contributed by atoms with E-state index in [0.29, 0.717) is 6.54 Å². The SMILES string of the molecule is CCCCNS(=O)(=O)c1cccc(NS(=O)(=O)c2ccc(C)cc2)c1. The van der Waals surface area contributed by atoms with Gasteiger partial charge in [-0.25, -0.2) is 21.6 Å². The first-order chi connectivity index (χ1) is 11.7. The van der Waals surface area contributed by atoms with E-state index in [1.54, 1.807) is 12.1 Å². The summed E-state index contributed by atoms with van der Waals surface area (Å²) in [5, 5.41) is 0. The van der Waals surface area contributed by atoms with Gasteiger partial charge in [-0.1, -0.05) is 37.1 Å². The van der Waals surface area contributed by atoms with Gasteiger partial charge in [-0.2, -0.15) is 0 Å². The monoisotopic (exact) mass is 382 g/mol. The molecular formula is C17H22N2O4S2. The van der Waals surface area contributed by atoms with Crippen molar-refractivity contribution in [3.05, 3.63) is 54.1 Å². The molecule has 0 saturated carbocycles. The summed E-state index contributed by atoms with van der Waals surface area (Å²) < 4.78 is 54.2. The van der Waals surface area contributed by atoms with Gasteiger partial charge in [-0.15, -0.1) is 0 Å². The summed E-state index contributed by atoms with van der Waals surface area (Å²) in [6.45, 7) is 4.18. The van der Waals surface area contributed by atoms with Crippen LogP contribution >= 0.6 is 0 Å². The Balaban J connectivity index is 2.22. The van der Waals surface area contributed by atoms with Gasteiger partial charge in [0.05, 0.1) is 15.5 Å². The molecule has 0 amide bonds. The Kier molecular flexibility index (Phi) is 6.21. The fraction of sp³-hybridized carbons (Fsp3) is 0.294. The van der Waals surface area contributed by atoms with Crippen LogP contribution in [0.15, 0.2) is 58.3 Å². The molecular weight excluding hydrogens is 360 g/mol. The van der Waals surface area contributed by atoms with E-state index in [9.17, 15) is 16.8 Å². The maximum Gasteiger partial charge on any atom is 0.261 e. The Labute approximate surface area is 149 Å². The molecule has 2 aromatic carbocycles. The van der Waals surface area contributed by atoms with E-state index in [-0.39, 0.29) is 15.5 Å². The molecule has 0 radical (unpaired) electrons. The Bertz CT molecular complexity index is 921. The molecule has 0 aliphatic carbocycles. The molecule has 0 heterocycles. The summed E-state index contributed by atoms with van der Waals surface area (Å²) >= 11 is 0. The van der Waals surface area contributed by atoms with Gasteiger partial charge in [-0.3, -0.25) is 4.72 Å². The zero-order valence-corrected chi connectivity index (χ0v) is 15.8. The molecule has 0 spiro atoms. The second-order valence-electron chi connectivity index (χ2n) is 5.70. The van der Waals surface area contributed by atoms with Crippen molar-refractivity contribution < 1.29 is 16.8 Å². The predicted octanol–water partition coefficient (Wildman–Crippen LogP) is 2.87. The number of benzene rings is 2. The lowest BCUT2D eigenvalue weighted by atomic mass is 10.2. The lowest BCUT2D eigenvalue weighted by Crippen LogP contribution is -2.24. The lowest BCUT2D eigenvalue weighted by Gasteiger charge is -2.11. The van der Waals surface area contributed by atoms with Gasteiger partial charge in [0.1, 0.15) is 0 Å². The third-order valence-electron chi connectivity index (χ3n) is 3.55. The number of hydrogen-bond acceptors (Lipinski definition) is 4. The van der Waals surface area contributed by atoms with Gasteiger partial charge in [0.15, 0.2) is 0 Å². The van der Waals surface area contributed by atoms with E-state index in [4.69, 9.17) is 0 Å². The van der Waals surface area contributed by atoms with E-state index in [2.05, 4.69) is 9.44 Å². The third-order valence-corrected chi connectivity index (χ3v) is 6.41. The van der Waals surface area contributed by atoms with Crippen LogP contribution in [0.25, 0.3) is 0 Å². The standard InChI is InChI=1S/C17H22N2O4S2/c1-3-4-12-18-24(20,21)17-7-5-6-15(13-17)19-25(22,23)16-10-8-14(2)9-11-16/h5-11,13,18-19H,3-4,12H2,1-2H3. The van der Waals surface area contributed by atoms with Crippen molar-refractivity contribution in [3.63, 3.8) is 0 Å². The van der Waals surface area contributed by atoms with Crippen LogP contribution in [0.4, 0.5) is 5.69 Å². The second kappa shape index (κ2) is 7.99. The van der Waals surface area contributed by atoms with Crippen molar-refractivity contribution in [1.29, 1.82) is 0 Å². The maximum atomic E-state index is 12.4. The van der Waals surface area contributed by atoms with Crippen LogP contribution in [0.1, 0.15) is 25.3 Å². The van der Waals surface area contributed by atoms with Crippen LogP contribution in [0.3, 0.4) is 0 Å². The van der Waals surface area contributed by atoms with Crippen LogP contribution in [0.2, 0.25) is 0 Å². The molecule has 6 nitrogen and oxygen atoms in total. The van der Waals surface area contributed by atoms with Gasteiger partial charge in [0.25, 0.3) is 10.0 Å². The van der Waals surface area contributed by atoms with Crippen molar-refractivity contribution in [3.8, 4) is 0 Å². The Morgan fingerprint density at radius 2 is 1.56 bits per heavy atom. The van der Waals surface area contributed by atoms with Gasteiger partial charge >= 0.3 is 0 Å². The molecule has 136 valence electrons. The second-order valence-corrected chi connectivity index (χ2v) is 9.15. The van der Waals surface area contributed by atoms with Crippen LogP contribution in [-0.2, 0) is 20.0 Å². The number of sulfonamides is 2. The predicted molar refractivity (Wildman–Crippen MR) is 98.5 cm³/mol. The molecule has 0 aliphatic heterocycles. The average molecular weight is 383 g/mol. The average Bonchev–Trinajstić information content (AvgIpc) is 2.55. The van der Waals surface area contributed by atoms with Crippen molar-refractivity contribution in [1.82, 2.24) is 4.72 Å². The highest BCUT2D eigenvalue weighted by Gasteiger charge is 2.17. The van der Waals surface area contributed by atoms with E-state index < -0.39 is 20.0 Å². The number of anilines is 1. The number of rotatable bonds is 8. The number of nitrogens with one attached hydrogen (secondary N) is 2. The summed E-state index contributed by atoms with van der Waals surface area (Å²) in [5.41, 5.74) is 1.14. The van der Waals surface area contributed by atoms with Crippen molar-refractivity contribution in [2.75, 3.05) is 11.3 Å². The molecule has 0 bridgehead atoms. The number of hydrogen-bond donors (Lipinski definition) is 2. The van der Waals surface area contributed by atoms with Crippen LogP contribution in [0.5, 0.6) is 0 Å². The molecule has 0 fully saturated rings. The van der Waals surface area contributed by atoms with E-state index in [1.165, 1.54) is 36.4 Å². The summed E-state index contributed by atoms with van der Waals surface area (Å²) in [6, 6.07) is 12.2. The minimum Gasteiger partial charge on any atom is -0.280 e. The molecule has 0 aliphatic rings. The first-order valence-electron chi connectivity index (χ1n) is 7.94. The van der Waals surface area contributed by atoms with Crippen LogP contribution in [-0.4, -0.2) is 23.4 Å². The zero-order valence-electron chi connectivity index (χ0n) is 14.2. The molecule has 2 N–H and O–H groups in total. The van der Waals surface area contributed by atoms with Crippen LogP contribution in [0, 0.1) is 6.92 Å². The van der Waals surface area contributed by atoms with Gasteiger partial charge in [-0.05, 0) is 43.7 Å². The molecule has 0 saturated heterocycles. The molecule has 0 unspecified atom stereocenters. The summed E-state index contributed by atoms with van der Waals surface area (Å²) in [4.78, 5) is 0.139. The minimum absolute atomic E-state index is 0.0210. The number of aryl methyl sites for hydroxylation is 1. The Morgan fingerprint density at radius 1 is 0.880 bits per heavy atom. The van der Waals surface area contributed by atoms with E-state index >= 15 is 0 Å². The molecule has 25 heavy (non-hydrogen) atoms.